The third-order valence-electron chi connectivity index (χ3n) is 7.90. The first-order chi connectivity index (χ1) is 41.6. The van der Waals surface area contributed by atoms with E-state index in [9.17, 15) is 4.79 Å². The molecule has 1 saturated heterocycles. The molecule has 23 heteroatoms. The minimum atomic E-state index is -0.167. The number of aliphatic hydroxyl groups excluding tert-OH is 1. The zero-order valence-corrected chi connectivity index (χ0v) is 67.2. The van der Waals surface area contributed by atoms with Crippen LogP contribution in [0.5, 0.6) is 0 Å². The molecule has 2 aromatic carbocycles. The molecule has 0 bridgehead atoms. The van der Waals surface area contributed by atoms with Crippen LogP contribution in [0, 0.1) is 29.6 Å². The highest BCUT2D eigenvalue weighted by molar-refractivity contribution is 5.73. The van der Waals surface area contributed by atoms with Gasteiger partial charge in [-0.3, -0.25) is 4.79 Å². The molecule has 1 aliphatic heterocycles. The summed E-state index contributed by atoms with van der Waals surface area (Å²) in [6, 6.07) is 20.9. The maximum Gasteiger partial charge on any atom is 0.219 e. The number of likely N-dealkylation sites (tertiary alicyclic amines) is 1. The number of allylic oxidation sites excluding steroid dienone is 2. The topological polar surface area (TPSA) is 534 Å². The van der Waals surface area contributed by atoms with Crippen molar-refractivity contribution in [1.82, 2.24) is 48.0 Å². The first-order valence-electron chi connectivity index (χ1n) is 29.3. The molecule has 1 fully saturated rings. The molecule has 0 aliphatic carbocycles. The largest absolute Gasteiger partial charge is 0.394 e. The summed E-state index contributed by atoms with van der Waals surface area (Å²) in [5.74, 6) is 4.60. The maximum absolute atomic E-state index is 10.7. The van der Waals surface area contributed by atoms with Crippen molar-refractivity contribution in [3.05, 3.63) is 97.1 Å². The molecule has 0 unspecified atom stereocenters. The van der Waals surface area contributed by atoms with Gasteiger partial charge < -0.3 is 118 Å². The number of rotatable bonds is 6. The summed E-state index contributed by atoms with van der Waals surface area (Å²) in [6.45, 7) is 78.4. The summed E-state index contributed by atoms with van der Waals surface area (Å²) in [5, 5.41) is 8.06. The van der Waals surface area contributed by atoms with Gasteiger partial charge >= 0.3 is 0 Å². The zero-order valence-electron chi connectivity index (χ0n) is 67.2. The monoisotopic (exact) mass is 1370 g/mol. The fourth-order valence-corrected chi connectivity index (χ4v) is 2.64. The van der Waals surface area contributed by atoms with E-state index < -0.39 is 0 Å². The van der Waals surface area contributed by atoms with Crippen LogP contribution in [0.1, 0.15) is 222 Å². The summed E-state index contributed by atoms with van der Waals surface area (Å²) in [6.07, 6.45) is 15.0. The average Bonchev–Trinajstić information content (AvgIpc) is 3.60. The van der Waals surface area contributed by atoms with Gasteiger partial charge in [0.15, 0.2) is 0 Å². The van der Waals surface area contributed by atoms with Crippen molar-refractivity contribution in [3.8, 4) is 0 Å². The Balaban J connectivity index is -0.0000000177. The predicted octanol–water partition coefficient (Wildman–Crippen LogP) is 17.2. The van der Waals surface area contributed by atoms with Crippen LogP contribution in [0.2, 0.25) is 0 Å². The van der Waals surface area contributed by atoms with E-state index >= 15 is 0 Å². The number of aliphatic hydroxyl groups is 1. The molecule has 1 aliphatic rings. The van der Waals surface area contributed by atoms with E-state index in [0.717, 1.165) is 55.5 Å². The van der Waals surface area contributed by atoms with E-state index in [4.69, 9.17) is 53.1 Å². The summed E-state index contributed by atoms with van der Waals surface area (Å²) in [5.41, 5.74) is 16.3. The third-order valence-corrected chi connectivity index (χ3v) is 7.90. The van der Waals surface area contributed by atoms with Gasteiger partial charge in [0.25, 0.3) is 0 Å². The minimum absolute atomic E-state index is 0. The SMILES string of the molecule is C/C=C\C.C=C.C=O.C=O.C=O.C=O.C=O.C=O.C=O.C=O.C=O.C=O.CC.CC(=O)N1CCCCC1.CC(C)C.CC(C)O.CCC(C)C.CCC(C)C.CCC(C)C.CCC(C)C.CCc1ccccc1.CCc1ccccc1.CN.CN.CN.N.N.N.N.N.N.N. The number of aryl methyl sites for hydroxylation is 2. The molecular formula is C71H173N11O12. The molecule has 0 saturated carbocycles. The second kappa shape index (κ2) is 292. The van der Waals surface area contributed by atoms with E-state index in [-0.39, 0.29) is 55.1 Å². The number of carbonyl (C=O) groups excluding carboxylic acids is 11. The van der Waals surface area contributed by atoms with Gasteiger partial charge in [0.1, 0.15) is 67.9 Å². The summed E-state index contributed by atoms with van der Waals surface area (Å²) in [7, 11) is 4.50. The first-order valence-corrected chi connectivity index (χ1v) is 29.3. The second-order valence-electron chi connectivity index (χ2n) is 16.9. The Bertz CT molecular complexity index is 1080. The molecule has 1 heterocycles. The van der Waals surface area contributed by atoms with Gasteiger partial charge in [-0.2, -0.15) is 0 Å². The number of hydrogen-bond acceptors (Lipinski definition) is 22. The van der Waals surface area contributed by atoms with Crippen LogP contribution >= 0.6 is 0 Å². The van der Waals surface area contributed by atoms with Crippen molar-refractivity contribution in [2.24, 2.45) is 46.8 Å². The molecule has 23 nitrogen and oxygen atoms in total. The van der Waals surface area contributed by atoms with Crippen molar-refractivity contribution in [3.63, 3.8) is 0 Å². The van der Waals surface area contributed by atoms with E-state index in [2.05, 4.69) is 197 Å². The molecule has 2 aromatic rings. The van der Waals surface area contributed by atoms with Crippen LogP contribution in [0.25, 0.3) is 0 Å². The lowest BCUT2D eigenvalue weighted by atomic mass is 10.1. The normalized spacial score (nSPS) is 7.39. The fourth-order valence-electron chi connectivity index (χ4n) is 2.64. The highest BCUT2D eigenvalue weighted by Gasteiger charge is 2.11. The Morgan fingerprint density at radius 1 is 0.394 bits per heavy atom. The maximum atomic E-state index is 10.7. The van der Waals surface area contributed by atoms with Gasteiger partial charge in [0.05, 0.1) is 0 Å². The standard InChI is InChI=1S/2C8H10.C7H13NO.4C5H12.C4H10.C4H8.C3H8O.C2H6.C2H4.3CH5N.10CH2O.7H3N/c2*1-2-8-6-4-3-5-7-8;1-7(9)8-5-3-2-4-6-8;4*1-4-5(2)3;1-4(2)3;1-3-4-2;1-3(2)4;15*1-2;;;;;;;/h2*3-7H,2H2,1H3;2-6H2,1H3;4*5H,4H2,1-3H3;4H,1-3H3;2*3-4H,1-2H3;1-2H3;1-2H2;3*2H2,1H3;10*1H2;7*1H3/b;;;;;;;;4-3-;;;;;;;;;;;;;;;;;;;;;;;. The highest BCUT2D eigenvalue weighted by Crippen LogP contribution is 2.07. The van der Waals surface area contributed by atoms with Crippen molar-refractivity contribution in [2.45, 2.75) is 230 Å². The first kappa shape index (κ1) is 191. The lowest BCUT2D eigenvalue weighted by molar-refractivity contribution is -0.129. The molecular weight excluding hydrogens is 1200 g/mol. The molecule has 0 radical (unpaired) electrons. The number of nitrogens with zero attached hydrogens (tertiary/aromatic N) is 1. The Kier molecular flexibility index (Phi) is 594. The Hall–Kier alpha value is -6.35. The van der Waals surface area contributed by atoms with Gasteiger partial charge in [0.2, 0.25) is 5.91 Å². The molecule has 94 heavy (non-hydrogen) atoms. The number of hydrogen-bond donors (Lipinski definition) is 11. The van der Waals surface area contributed by atoms with Crippen molar-refractivity contribution >= 4 is 73.8 Å². The van der Waals surface area contributed by atoms with E-state index in [0.29, 0.717) is 0 Å². The van der Waals surface area contributed by atoms with Crippen LogP contribution < -0.4 is 60.3 Å². The number of nitrogens with two attached hydrogens (primary N) is 3. The van der Waals surface area contributed by atoms with E-state index in [1.165, 1.54) is 77.2 Å². The molecule has 0 atom stereocenters. The average molecular weight is 1370 g/mol. The summed E-state index contributed by atoms with van der Waals surface area (Å²) < 4.78 is 0. The molecule has 0 spiro atoms. The van der Waals surface area contributed by atoms with Crippen LogP contribution in [-0.2, 0) is 65.6 Å². The minimum Gasteiger partial charge on any atom is -0.394 e. The molecule has 3 rings (SSSR count). The lowest BCUT2D eigenvalue weighted by Crippen LogP contribution is -2.33. The van der Waals surface area contributed by atoms with Gasteiger partial charge in [-0.1, -0.05) is 230 Å². The highest BCUT2D eigenvalue weighted by atomic mass is 16.3. The molecule has 584 valence electrons. The third kappa shape index (κ3) is 511. The van der Waals surface area contributed by atoms with Crippen LogP contribution in [0.4, 0.5) is 0 Å². The fraction of sp³-hybridized carbons (Fsp3) is 0.620. The molecule has 0 aromatic heterocycles. The molecule has 1 amide bonds. The second-order valence-corrected chi connectivity index (χ2v) is 16.9. The Morgan fingerprint density at radius 2 is 0.521 bits per heavy atom. The smallest absolute Gasteiger partial charge is 0.219 e. The number of amides is 1. The van der Waals surface area contributed by atoms with Gasteiger partial charge in [-0.25, -0.2) is 0 Å². The van der Waals surface area contributed by atoms with Crippen LogP contribution in [0.3, 0.4) is 0 Å². The van der Waals surface area contributed by atoms with E-state index in [1.54, 1.807) is 20.8 Å². The van der Waals surface area contributed by atoms with Crippen molar-refractivity contribution in [1.29, 1.82) is 0 Å². The summed E-state index contributed by atoms with van der Waals surface area (Å²) >= 11 is 0. The zero-order chi connectivity index (χ0) is 76.0. The van der Waals surface area contributed by atoms with Crippen LogP contribution in [-0.4, -0.2) is 124 Å². The van der Waals surface area contributed by atoms with Crippen molar-refractivity contribution in [2.75, 3.05) is 34.2 Å². The van der Waals surface area contributed by atoms with Gasteiger partial charge in [-0.15, -0.1) is 13.2 Å². The Labute approximate surface area is 585 Å². The van der Waals surface area contributed by atoms with Gasteiger partial charge in [0, 0.05) is 26.1 Å². The number of carbonyl (C=O) groups is 11. The van der Waals surface area contributed by atoms with Gasteiger partial charge in [-0.05, 0) is 122 Å². The summed E-state index contributed by atoms with van der Waals surface area (Å²) in [4.78, 5) is 92.6. The van der Waals surface area contributed by atoms with Crippen molar-refractivity contribution < 1.29 is 57.8 Å². The Morgan fingerprint density at radius 3 is 0.585 bits per heavy atom. The lowest BCUT2D eigenvalue weighted by Gasteiger charge is -2.24. The number of piperidine rings is 1. The van der Waals surface area contributed by atoms with Crippen LogP contribution in [0.15, 0.2) is 86.0 Å². The molecule has 28 N–H and O–H groups in total. The quantitative estimate of drug-likeness (QED) is 0.120. The number of benzene rings is 2. The predicted molar refractivity (Wildman–Crippen MR) is 426 cm³/mol. The van der Waals surface area contributed by atoms with E-state index in [1.807, 2.05) is 125 Å².